The van der Waals surface area contributed by atoms with Gasteiger partial charge in [-0.05, 0) is 18.1 Å². The van der Waals surface area contributed by atoms with Crippen LogP contribution in [0.2, 0.25) is 5.15 Å². The molecular weight excluding hydrogens is 224 g/mol. The zero-order chi connectivity index (χ0) is 11.7. The van der Waals surface area contributed by atoms with Gasteiger partial charge in [-0.25, -0.2) is 9.97 Å². The van der Waals surface area contributed by atoms with E-state index in [0.717, 1.165) is 11.4 Å². The molecule has 0 aliphatic rings. The first kappa shape index (κ1) is 11.1. The largest absolute Gasteiger partial charge is 0.275 e. The number of halogens is 1. The lowest BCUT2D eigenvalue weighted by Gasteiger charge is -2.05. The predicted octanol–water partition coefficient (Wildman–Crippen LogP) is 2.65. The number of hydrogen-bond acceptors (Lipinski definition) is 3. The molecular formula is C11H13ClN4. The van der Waals surface area contributed by atoms with E-state index in [-0.39, 0.29) is 0 Å². The third-order valence-corrected chi connectivity index (χ3v) is 2.44. The van der Waals surface area contributed by atoms with Gasteiger partial charge >= 0.3 is 0 Å². The summed E-state index contributed by atoms with van der Waals surface area (Å²) in [5, 5.41) is 4.71. The molecule has 0 saturated heterocycles. The van der Waals surface area contributed by atoms with Gasteiger partial charge in [-0.15, -0.1) is 0 Å². The van der Waals surface area contributed by atoms with Gasteiger partial charge in [0.05, 0.1) is 0 Å². The Morgan fingerprint density at radius 1 is 1.31 bits per heavy atom. The molecule has 0 aliphatic heterocycles. The lowest BCUT2D eigenvalue weighted by Crippen LogP contribution is -1.99. The van der Waals surface area contributed by atoms with Crippen LogP contribution in [0.5, 0.6) is 0 Å². The Labute approximate surface area is 99.3 Å². The van der Waals surface area contributed by atoms with E-state index in [0.29, 0.717) is 16.9 Å². The van der Waals surface area contributed by atoms with Crippen molar-refractivity contribution in [3.8, 4) is 11.5 Å². The van der Waals surface area contributed by atoms with Crippen LogP contribution < -0.4 is 0 Å². The molecule has 0 amide bonds. The van der Waals surface area contributed by atoms with E-state index < -0.39 is 0 Å². The van der Waals surface area contributed by atoms with Crippen LogP contribution in [0.25, 0.3) is 11.5 Å². The van der Waals surface area contributed by atoms with Gasteiger partial charge < -0.3 is 0 Å². The maximum atomic E-state index is 5.97. The van der Waals surface area contributed by atoms with Crippen molar-refractivity contribution in [2.24, 2.45) is 7.05 Å². The number of aromatic nitrogens is 4. The molecule has 4 nitrogen and oxygen atoms in total. The molecule has 16 heavy (non-hydrogen) atoms. The highest BCUT2D eigenvalue weighted by molar-refractivity contribution is 6.29. The topological polar surface area (TPSA) is 43.6 Å². The molecule has 0 aromatic carbocycles. The highest BCUT2D eigenvalue weighted by atomic mass is 35.5. The summed E-state index contributed by atoms with van der Waals surface area (Å²) in [6.07, 6.45) is 1.86. The number of aryl methyl sites for hydroxylation is 1. The van der Waals surface area contributed by atoms with Crippen molar-refractivity contribution in [2.75, 3.05) is 0 Å². The summed E-state index contributed by atoms with van der Waals surface area (Å²) in [6, 6.07) is 3.66. The van der Waals surface area contributed by atoms with E-state index in [9.17, 15) is 0 Å². The minimum Gasteiger partial charge on any atom is -0.275 e. The average molecular weight is 237 g/mol. The summed E-state index contributed by atoms with van der Waals surface area (Å²) in [6.45, 7) is 4.14. The fraction of sp³-hybridized carbons (Fsp3) is 0.364. The zero-order valence-electron chi connectivity index (χ0n) is 9.48. The normalized spacial score (nSPS) is 11.1. The summed E-state index contributed by atoms with van der Waals surface area (Å²) < 4.78 is 1.72. The van der Waals surface area contributed by atoms with Crippen molar-refractivity contribution in [3.05, 3.63) is 29.2 Å². The van der Waals surface area contributed by atoms with Crippen LogP contribution in [0.4, 0.5) is 0 Å². The van der Waals surface area contributed by atoms with Gasteiger partial charge in [0.2, 0.25) is 0 Å². The van der Waals surface area contributed by atoms with Crippen molar-refractivity contribution >= 4 is 11.6 Å². The molecule has 0 unspecified atom stereocenters. The minimum absolute atomic E-state index is 0.322. The quantitative estimate of drug-likeness (QED) is 0.753. The molecule has 0 spiro atoms. The van der Waals surface area contributed by atoms with Crippen molar-refractivity contribution in [2.45, 2.75) is 19.8 Å². The van der Waals surface area contributed by atoms with Crippen molar-refractivity contribution in [1.82, 2.24) is 19.7 Å². The molecule has 2 heterocycles. The molecule has 0 aliphatic carbocycles. The van der Waals surface area contributed by atoms with E-state index in [1.165, 1.54) is 0 Å². The molecule has 2 aromatic rings. The SMILES string of the molecule is CC(C)c1cc(Cl)nc(-c2ccn(C)n2)n1. The third-order valence-electron chi connectivity index (χ3n) is 2.25. The third kappa shape index (κ3) is 2.22. The van der Waals surface area contributed by atoms with Crippen LogP contribution in [-0.4, -0.2) is 19.7 Å². The van der Waals surface area contributed by atoms with Gasteiger partial charge in [-0.2, -0.15) is 5.10 Å². The van der Waals surface area contributed by atoms with Crippen LogP contribution in [0.15, 0.2) is 18.3 Å². The van der Waals surface area contributed by atoms with Crippen LogP contribution >= 0.6 is 11.6 Å². The lowest BCUT2D eigenvalue weighted by molar-refractivity contribution is 0.765. The summed E-state index contributed by atoms with van der Waals surface area (Å²) in [5.74, 6) is 0.903. The predicted molar refractivity (Wildman–Crippen MR) is 63.3 cm³/mol. The summed E-state index contributed by atoms with van der Waals surface area (Å²) in [5.41, 5.74) is 1.67. The number of hydrogen-bond donors (Lipinski definition) is 0. The van der Waals surface area contributed by atoms with Gasteiger partial charge in [0.1, 0.15) is 10.8 Å². The van der Waals surface area contributed by atoms with Crippen molar-refractivity contribution in [1.29, 1.82) is 0 Å². The molecule has 5 heteroatoms. The molecule has 2 rings (SSSR count). The molecule has 0 bridgehead atoms. The standard InChI is InChI=1S/C11H13ClN4/c1-7(2)9-6-10(12)14-11(13-9)8-4-5-16(3)15-8/h4-7H,1-3H3. The van der Waals surface area contributed by atoms with E-state index in [1.807, 2.05) is 19.3 Å². The fourth-order valence-electron chi connectivity index (χ4n) is 1.38. The van der Waals surface area contributed by atoms with E-state index in [4.69, 9.17) is 11.6 Å². The highest BCUT2D eigenvalue weighted by Crippen LogP contribution is 2.20. The second kappa shape index (κ2) is 4.22. The molecule has 0 N–H and O–H groups in total. The number of nitrogens with zero attached hydrogens (tertiary/aromatic N) is 4. The minimum atomic E-state index is 0.322. The molecule has 84 valence electrons. The maximum Gasteiger partial charge on any atom is 0.181 e. The summed E-state index contributed by atoms with van der Waals surface area (Å²) in [4.78, 5) is 8.62. The Hall–Kier alpha value is -1.42. The van der Waals surface area contributed by atoms with Crippen molar-refractivity contribution < 1.29 is 0 Å². The van der Waals surface area contributed by atoms with Gasteiger partial charge in [0, 0.05) is 18.9 Å². The monoisotopic (exact) mass is 236 g/mol. The van der Waals surface area contributed by atoms with Gasteiger partial charge in [0.25, 0.3) is 0 Å². The zero-order valence-corrected chi connectivity index (χ0v) is 10.2. The molecule has 0 fully saturated rings. The Bertz CT molecular complexity index is 504. The smallest absolute Gasteiger partial charge is 0.181 e. The Morgan fingerprint density at radius 2 is 2.06 bits per heavy atom. The first-order valence-corrected chi connectivity index (χ1v) is 5.48. The average Bonchev–Trinajstić information content (AvgIpc) is 2.64. The molecule has 0 radical (unpaired) electrons. The lowest BCUT2D eigenvalue weighted by atomic mass is 10.1. The number of rotatable bonds is 2. The van der Waals surface area contributed by atoms with E-state index >= 15 is 0 Å². The molecule has 0 atom stereocenters. The first-order valence-electron chi connectivity index (χ1n) is 5.11. The van der Waals surface area contributed by atoms with Crippen molar-refractivity contribution in [3.63, 3.8) is 0 Å². The molecule has 0 saturated carbocycles. The maximum absolute atomic E-state index is 5.97. The summed E-state index contributed by atoms with van der Waals surface area (Å²) >= 11 is 5.97. The van der Waals surface area contributed by atoms with Crippen LogP contribution in [0.1, 0.15) is 25.5 Å². The fourth-order valence-corrected chi connectivity index (χ4v) is 1.57. The Kier molecular flexibility index (Phi) is 2.92. The van der Waals surface area contributed by atoms with Gasteiger partial charge in [-0.1, -0.05) is 25.4 Å². The Morgan fingerprint density at radius 3 is 2.62 bits per heavy atom. The highest BCUT2D eigenvalue weighted by Gasteiger charge is 2.10. The first-order chi connectivity index (χ1) is 7.56. The Balaban J connectivity index is 2.49. The van der Waals surface area contributed by atoms with Crippen LogP contribution in [0.3, 0.4) is 0 Å². The van der Waals surface area contributed by atoms with E-state index in [1.54, 1.807) is 10.7 Å². The van der Waals surface area contributed by atoms with Crippen LogP contribution in [-0.2, 0) is 7.05 Å². The summed E-state index contributed by atoms with van der Waals surface area (Å²) in [7, 11) is 1.86. The second-order valence-electron chi connectivity index (χ2n) is 3.97. The second-order valence-corrected chi connectivity index (χ2v) is 4.36. The van der Waals surface area contributed by atoms with E-state index in [2.05, 4.69) is 28.9 Å². The van der Waals surface area contributed by atoms with Gasteiger partial charge in [-0.3, -0.25) is 4.68 Å². The van der Waals surface area contributed by atoms with Gasteiger partial charge in [0.15, 0.2) is 5.82 Å². The van der Waals surface area contributed by atoms with Crippen LogP contribution in [0, 0.1) is 0 Å². The molecule has 2 aromatic heterocycles.